The molecule has 0 aromatic rings. The number of nitrogens with zero attached hydrogens (tertiary/aromatic N) is 4. The molecule has 0 atom stereocenters. The van der Waals surface area contributed by atoms with Crippen LogP contribution in [0.4, 0.5) is 13.2 Å². The monoisotopic (exact) mass is 194 g/mol. The third-order valence-electron chi connectivity index (χ3n) is 1.86. The van der Waals surface area contributed by atoms with Crippen LogP contribution in [0.15, 0.2) is 20.7 Å². The van der Waals surface area contributed by atoms with Crippen molar-refractivity contribution in [1.29, 1.82) is 0 Å². The molecular formula is C6H9F3N4. The maximum Gasteiger partial charge on any atom is 0.438 e. The lowest BCUT2D eigenvalue weighted by Gasteiger charge is -2.34. The van der Waals surface area contributed by atoms with Crippen molar-refractivity contribution in [2.45, 2.75) is 32.6 Å². The lowest BCUT2D eigenvalue weighted by Crippen LogP contribution is -2.50. The summed E-state index contributed by atoms with van der Waals surface area (Å²) >= 11 is 0. The molecule has 13 heavy (non-hydrogen) atoms. The Hall–Kier alpha value is -1.01. The van der Waals surface area contributed by atoms with Gasteiger partial charge in [0.25, 0.3) is 5.66 Å². The predicted molar refractivity (Wildman–Crippen MR) is 38.0 cm³/mol. The van der Waals surface area contributed by atoms with Crippen LogP contribution in [0.2, 0.25) is 0 Å². The van der Waals surface area contributed by atoms with E-state index in [4.69, 9.17) is 0 Å². The smallest absolute Gasteiger partial charge is 0.166 e. The largest absolute Gasteiger partial charge is 0.438 e. The molecule has 4 nitrogen and oxygen atoms in total. The minimum absolute atomic E-state index is 1.19. The SMILES string of the molecule is CC(C)(C)C1(C(F)(F)F)N=NN=N1. The molecule has 0 aromatic carbocycles. The second-order valence-corrected chi connectivity index (χ2v) is 3.80. The molecule has 0 saturated heterocycles. The Labute approximate surface area is 72.9 Å². The van der Waals surface area contributed by atoms with Gasteiger partial charge >= 0.3 is 6.18 Å². The fraction of sp³-hybridized carbons (Fsp3) is 1.00. The fourth-order valence-electron chi connectivity index (χ4n) is 1.03. The van der Waals surface area contributed by atoms with Crippen molar-refractivity contribution in [3.05, 3.63) is 0 Å². The Morgan fingerprint density at radius 3 is 1.46 bits per heavy atom. The molecule has 0 fully saturated rings. The van der Waals surface area contributed by atoms with Gasteiger partial charge in [-0.2, -0.15) is 13.2 Å². The lowest BCUT2D eigenvalue weighted by molar-refractivity contribution is -0.210. The van der Waals surface area contributed by atoms with E-state index in [0.29, 0.717) is 0 Å². The summed E-state index contributed by atoms with van der Waals surface area (Å²) in [5, 5.41) is 12.0. The molecule has 0 amide bonds. The highest BCUT2D eigenvalue weighted by atomic mass is 19.4. The highest BCUT2D eigenvalue weighted by Crippen LogP contribution is 2.49. The van der Waals surface area contributed by atoms with Crippen molar-refractivity contribution < 1.29 is 13.2 Å². The van der Waals surface area contributed by atoms with Crippen molar-refractivity contribution in [3.8, 4) is 0 Å². The molecule has 0 radical (unpaired) electrons. The molecule has 0 spiro atoms. The van der Waals surface area contributed by atoms with Gasteiger partial charge in [-0.3, -0.25) is 0 Å². The van der Waals surface area contributed by atoms with Crippen LogP contribution in [0.3, 0.4) is 0 Å². The van der Waals surface area contributed by atoms with Gasteiger partial charge in [-0.05, 0) is 10.4 Å². The van der Waals surface area contributed by atoms with Crippen molar-refractivity contribution in [2.24, 2.45) is 26.1 Å². The first-order valence-corrected chi connectivity index (χ1v) is 3.61. The molecule has 0 saturated carbocycles. The average Bonchev–Trinajstić information content (AvgIpc) is 2.28. The molecule has 0 aliphatic carbocycles. The van der Waals surface area contributed by atoms with Crippen LogP contribution in [-0.2, 0) is 0 Å². The standard InChI is InChI=1S/C6H9F3N4/c1-4(2,3)5(6(7,8)9)10-12-13-11-5/h1-3H3. The second-order valence-electron chi connectivity index (χ2n) is 3.80. The van der Waals surface area contributed by atoms with Crippen molar-refractivity contribution >= 4 is 0 Å². The Morgan fingerprint density at radius 2 is 1.31 bits per heavy atom. The van der Waals surface area contributed by atoms with Gasteiger partial charge in [0.2, 0.25) is 0 Å². The van der Waals surface area contributed by atoms with E-state index in [9.17, 15) is 13.2 Å². The zero-order valence-corrected chi connectivity index (χ0v) is 7.42. The van der Waals surface area contributed by atoms with Gasteiger partial charge < -0.3 is 0 Å². The molecule has 0 unspecified atom stereocenters. The maximum absolute atomic E-state index is 12.6. The normalized spacial score (nSPS) is 21.1. The lowest BCUT2D eigenvalue weighted by atomic mass is 9.81. The number of hydrogen-bond acceptors (Lipinski definition) is 4. The van der Waals surface area contributed by atoms with Crippen LogP contribution in [0.25, 0.3) is 0 Å². The van der Waals surface area contributed by atoms with Crippen LogP contribution < -0.4 is 0 Å². The van der Waals surface area contributed by atoms with Gasteiger partial charge in [-0.1, -0.05) is 20.8 Å². The summed E-state index contributed by atoms with van der Waals surface area (Å²) in [5.74, 6) is 0. The summed E-state index contributed by atoms with van der Waals surface area (Å²) in [6.45, 7) is 4.18. The zero-order chi connectivity index (χ0) is 10.3. The predicted octanol–water partition coefficient (Wildman–Crippen LogP) is 3.12. The Kier molecular flexibility index (Phi) is 1.93. The number of halogens is 3. The van der Waals surface area contributed by atoms with E-state index in [1.54, 1.807) is 0 Å². The molecule has 7 heteroatoms. The van der Waals surface area contributed by atoms with E-state index >= 15 is 0 Å². The van der Waals surface area contributed by atoms with Crippen LogP contribution in [0.1, 0.15) is 20.8 Å². The van der Waals surface area contributed by atoms with Crippen LogP contribution in [-0.4, -0.2) is 11.8 Å². The topological polar surface area (TPSA) is 49.4 Å². The zero-order valence-electron chi connectivity index (χ0n) is 7.42. The molecule has 0 N–H and O–H groups in total. The molecule has 74 valence electrons. The molecule has 1 aliphatic heterocycles. The van der Waals surface area contributed by atoms with Crippen molar-refractivity contribution in [1.82, 2.24) is 0 Å². The Morgan fingerprint density at radius 1 is 0.923 bits per heavy atom. The highest BCUT2D eigenvalue weighted by molar-refractivity contribution is 5.01. The number of alkyl halides is 3. The maximum atomic E-state index is 12.6. The van der Waals surface area contributed by atoms with Gasteiger partial charge in [0.05, 0.1) is 0 Å². The second kappa shape index (κ2) is 2.49. The van der Waals surface area contributed by atoms with E-state index in [0.717, 1.165) is 0 Å². The van der Waals surface area contributed by atoms with Gasteiger partial charge in [-0.25, -0.2) is 0 Å². The Bertz CT molecular complexity index is 232. The minimum Gasteiger partial charge on any atom is -0.166 e. The highest BCUT2D eigenvalue weighted by Gasteiger charge is 2.65. The van der Waals surface area contributed by atoms with Crippen LogP contribution in [0, 0.1) is 5.41 Å². The Balaban J connectivity index is 3.19. The third-order valence-corrected chi connectivity index (χ3v) is 1.86. The van der Waals surface area contributed by atoms with Gasteiger partial charge in [0, 0.05) is 5.41 Å². The van der Waals surface area contributed by atoms with Gasteiger partial charge in [0.1, 0.15) is 0 Å². The molecule has 1 rings (SSSR count). The summed E-state index contributed by atoms with van der Waals surface area (Å²) < 4.78 is 37.8. The molecule has 0 aromatic heterocycles. The van der Waals surface area contributed by atoms with Crippen LogP contribution >= 0.6 is 0 Å². The summed E-state index contributed by atoms with van der Waals surface area (Å²) in [6, 6.07) is 0. The van der Waals surface area contributed by atoms with E-state index in [1.807, 2.05) is 0 Å². The molecule has 1 heterocycles. The first-order chi connectivity index (χ1) is 5.71. The molecule has 1 aliphatic rings. The molecular weight excluding hydrogens is 185 g/mol. The van der Waals surface area contributed by atoms with Crippen LogP contribution in [0.5, 0.6) is 0 Å². The summed E-state index contributed by atoms with van der Waals surface area (Å²) in [6.07, 6.45) is -4.56. The third kappa shape index (κ3) is 1.31. The van der Waals surface area contributed by atoms with E-state index < -0.39 is 17.3 Å². The van der Waals surface area contributed by atoms with Crippen molar-refractivity contribution in [3.63, 3.8) is 0 Å². The minimum atomic E-state index is -4.56. The van der Waals surface area contributed by atoms with Gasteiger partial charge in [0.15, 0.2) is 0 Å². The average molecular weight is 194 g/mol. The van der Waals surface area contributed by atoms with E-state index in [1.165, 1.54) is 20.8 Å². The summed E-state index contributed by atoms with van der Waals surface area (Å²) in [5.41, 5.74) is -3.70. The quantitative estimate of drug-likeness (QED) is 0.568. The van der Waals surface area contributed by atoms with Crippen molar-refractivity contribution in [2.75, 3.05) is 0 Å². The van der Waals surface area contributed by atoms with E-state index in [2.05, 4.69) is 20.7 Å². The first kappa shape index (κ1) is 10.1. The van der Waals surface area contributed by atoms with Gasteiger partial charge in [-0.15, -0.1) is 10.2 Å². The summed E-state index contributed by atoms with van der Waals surface area (Å²) in [4.78, 5) is 0. The number of rotatable bonds is 0. The fourth-order valence-corrected chi connectivity index (χ4v) is 1.03. The first-order valence-electron chi connectivity index (χ1n) is 3.61. The van der Waals surface area contributed by atoms with E-state index in [-0.39, 0.29) is 0 Å². The molecule has 0 bridgehead atoms. The summed E-state index contributed by atoms with van der Waals surface area (Å²) in [7, 11) is 0. The number of hydrogen-bond donors (Lipinski definition) is 0.